The highest BCUT2D eigenvalue weighted by atomic mass is 19.4. The number of hydrogen-bond acceptors (Lipinski definition) is 2. The zero-order chi connectivity index (χ0) is 15.3. The van der Waals surface area contributed by atoms with E-state index in [0.717, 1.165) is 0 Å². The van der Waals surface area contributed by atoms with E-state index < -0.39 is 40.9 Å². The van der Waals surface area contributed by atoms with Crippen LogP contribution in [0.25, 0.3) is 0 Å². The molecule has 1 rings (SSSR count). The van der Waals surface area contributed by atoms with Crippen LogP contribution in [0.5, 0.6) is 0 Å². The Kier molecular flexibility index (Phi) is 3.23. The molecule has 1 heterocycles. The van der Waals surface area contributed by atoms with Crippen molar-refractivity contribution in [2.75, 3.05) is 0 Å². The summed E-state index contributed by atoms with van der Waals surface area (Å²) in [5, 5.41) is 4.27. The molecule has 0 amide bonds. The highest BCUT2D eigenvalue weighted by molar-refractivity contribution is 5.11. The Morgan fingerprint density at radius 1 is 0.842 bits per heavy atom. The molecule has 0 aliphatic carbocycles. The molecule has 0 atom stereocenters. The second-order valence-corrected chi connectivity index (χ2v) is 3.15. The van der Waals surface area contributed by atoms with Gasteiger partial charge >= 0.3 is 24.3 Å². The van der Waals surface area contributed by atoms with E-state index in [2.05, 4.69) is 5.10 Å². The number of halogens is 10. The summed E-state index contributed by atoms with van der Waals surface area (Å²) in [6.45, 7) is 0. The summed E-state index contributed by atoms with van der Waals surface area (Å²) >= 11 is 0. The third-order valence-electron chi connectivity index (χ3n) is 1.86. The fraction of sp³-hybridized carbons (Fsp3) is 0.667. The van der Waals surface area contributed by atoms with Crippen molar-refractivity contribution in [2.45, 2.75) is 24.3 Å². The summed E-state index contributed by atoms with van der Waals surface area (Å²) in [4.78, 5) is 0. The molecule has 0 aliphatic heterocycles. The molecule has 1 aromatic rings. The van der Waals surface area contributed by atoms with Crippen molar-refractivity contribution >= 4 is 0 Å². The summed E-state index contributed by atoms with van der Waals surface area (Å²) in [6.07, 6.45) is -13.0. The van der Waals surface area contributed by atoms with E-state index in [1.165, 1.54) is 0 Å². The molecule has 13 heteroatoms. The zero-order valence-electron chi connectivity index (χ0n) is 8.20. The van der Waals surface area contributed by atoms with Crippen LogP contribution in [0.3, 0.4) is 0 Å². The topological polar surface area (TPSA) is 30.7 Å². The summed E-state index contributed by atoms with van der Waals surface area (Å²) in [5.74, 6) is -12.9. The first-order valence-electron chi connectivity index (χ1n) is 4.03. The third-order valence-corrected chi connectivity index (χ3v) is 1.86. The molecular formula is C6HF10N3. The van der Waals surface area contributed by atoms with Crippen molar-refractivity contribution in [3.63, 3.8) is 0 Å². The van der Waals surface area contributed by atoms with E-state index >= 15 is 0 Å². The van der Waals surface area contributed by atoms with Crippen LogP contribution >= 0.6 is 0 Å². The monoisotopic (exact) mass is 305 g/mol. The van der Waals surface area contributed by atoms with E-state index in [9.17, 15) is 43.9 Å². The lowest BCUT2D eigenvalue weighted by Gasteiger charge is -2.28. The molecule has 19 heavy (non-hydrogen) atoms. The van der Waals surface area contributed by atoms with Gasteiger partial charge in [-0.2, -0.15) is 30.7 Å². The van der Waals surface area contributed by atoms with Gasteiger partial charge in [-0.25, -0.2) is 0 Å². The van der Waals surface area contributed by atoms with Crippen LogP contribution < -0.4 is 0 Å². The number of nitrogens with zero attached hydrogens (tertiary/aromatic N) is 3. The number of hydrogen-bond donors (Lipinski definition) is 0. The first kappa shape index (κ1) is 15.5. The van der Waals surface area contributed by atoms with Crippen LogP contribution in [-0.2, 0) is 12.2 Å². The predicted octanol–water partition coefficient (Wildman–Crippen LogP) is 3.04. The largest absolute Gasteiger partial charge is 0.506 e. The van der Waals surface area contributed by atoms with Gasteiger partial charge in [-0.05, 0) is 0 Å². The summed E-state index contributed by atoms with van der Waals surface area (Å²) < 4.78 is 121. The van der Waals surface area contributed by atoms with Crippen LogP contribution in [0.1, 0.15) is 5.69 Å². The Morgan fingerprint density at radius 3 is 1.68 bits per heavy atom. The van der Waals surface area contributed by atoms with Gasteiger partial charge in [0.15, 0.2) is 0 Å². The maximum Gasteiger partial charge on any atom is 0.506 e. The van der Waals surface area contributed by atoms with Crippen LogP contribution in [0.2, 0.25) is 0 Å². The minimum atomic E-state index is -6.75. The molecule has 0 bridgehead atoms. The maximum atomic E-state index is 13.0. The minimum absolute atomic E-state index is 0.521. The maximum absolute atomic E-state index is 13.0. The van der Waals surface area contributed by atoms with Crippen LogP contribution in [0.15, 0.2) is 6.20 Å². The Balaban J connectivity index is 3.41. The van der Waals surface area contributed by atoms with Gasteiger partial charge in [0.05, 0.1) is 6.20 Å². The number of rotatable bonds is 2. The Hall–Kier alpha value is -1.56. The van der Waals surface area contributed by atoms with Crippen LogP contribution in [-0.4, -0.2) is 27.1 Å². The van der Waals surface area contributed by atoms with Crippen molar-refractivity contribution in [3.05, 3.63) is 11.9 Å². The average molecular weight is 305 g/mol. The lowest BCUT2D eigenvalue weighted by molar-refractivity contribution is -0.363. The summed E-state index contributed by atoms with van der Waals surface area (Å²) in [6, 6.07) is 0. The molecule has 0 fully saturated rings. The lowest BCUT2D eigenvalue weighted by Crippen LogP contribution is -2.51. The Morgan fingerprint density at radius 2 is 1.32 bits per heavy atom. The first-order valence-corrected chi connectivity index (χ1v) is 4.03. The summed E-state index contributed by atoms with van der Waals surface area (Å²) in [7, 11) is 0. The molecule has 0 unspecified atom stereocenters. The van der Waals surface area contributed by atoms with Crippen molar-refractivity contribution in [2.24, 2.45) is 0 Å². The fourth-order valence-corrected chi connectivity index (χ4v) is 0.975. The third kappa shape index (κ3) is 2.32. The average Bonchev–Trinajstić information content (AvgIpc) is 2.62. The molecule has 0 radical (unpaired) electrons. The van der Waals surface area contributed by atoms with Gasteiger partial charge in [0.25, 0.3) is 0 Å². The van der Waals surface area contributed by atoms with Gasteiger partial charge in [0, 0.05) is 0 Å². The molecule has 1 aromatic heterocycles. The highest BCUT2D eigenvalue weighted by Gasteiger charge is 2.75. The van der Waals surface area contributed by atoms with E-state index in [1.807, 2.05) is 5.21 Å². The molecule has 110 valence electrons. The normalized spacial score (nSPS) is 14.8. The van der Waals surface area contributed by atoms with Gasteiger partial charge in [-0.1, -0.05) is 5.21 Å². The van der Waals surface area contributed by atoms with Crippen molar-refractivity contribution in [1.29, 1.82) is 0 Å². The lowest BCUT2D eigenvalue weighted by atomic mass is 10.1. The van der Waals surface area contributed by atoms with Crippen molar-refractivity contribution in [3.8, 4) is 0 Å². The fourth-order valence-electron chi connectivity index (χ4n) is 0.975. The standard InChI is InChI=1S/C6HF10N3/c7-3(8,4(9,10)5(11,12)13)2-1-17-18-19(2)6(14,15)16/h1H. The van der Waals surface area contributed by atoms with E-state index in [4.69, 9.17) is 0 Å². The summed E-state index contributed by atoms with van der Waals surface area (Å²) in [5.41, 5.74) is -2.72. The zero-order valence-corrected chi connectivity index (χ0v) is 8.20. The molecule has 0 saturated heterocycles. The van der Waals surface area contributed by atoms with Gasteiger partial charge in [-0.3, -0.25) is 0 Å². The molecule has 0 N–H and O–H groups in total. The Bertz CT molecular complexity index is 455. The number of aromatic nitrogens is 3. The van der Waals surface area contributed by atoms with Gasteiger partial charge in [-0.15, -0.1) is 23.0 Å². The Labute approximate surface area is 96.3 Å². The van der Waals surface area contributed by atoms with Crippen molar-refractivity contribution < 1.29 is 43.9 Å². The van der Waals surface area contributed by atoms with Crippen LogP contribution in [0.4, 0.5) is 43.9 Å². The van der Waals surface area contributed by atoms with Gasteiger partial charge in [0.2, 0.25) is 0 Å². The second-order valence-electron chi connectivity index (χ2n) is 3.15. The van der Waals surface area contributed by atoms with Crippen LogP contribution in [0, 0.1) is 0 Å². The number of alkyl halides is 10. The highest BCUT2D eigenvalue weighted by Crippen LogP contribution is 2.52. The molecule has 0 aromatic carbocycles. The van der Waals surface area contributed by atoms with Gasteiger partial charge < -0.3 is 0 Å². The SMILES string of the molecule is FC(F)(F)n1nncc1C(F)(F)C(F)(F)C(F)(F)F. The van der Waals surface area contributed by atoms with Gasteiger partial charge in [0.1, 0.15) is 5.69 Å². The van der Waals surface area contributed by atoms with E-state index in [0.29, 0.717) is 0 Å². The molecule has 0 saturated carbocycles. The quantitative estimate of drug-likeness (QED) is 0.786. The second kappa shape index (κ2) is 3.96. The molecule has 0 spiro atoms. The first-order chi connectivity index (χ1) is 8.23. The molecule has 0 aliphatic rings. The van der Waals surface area contributed by atoms with E-state index in [1.54, 1.807) is 0 Å². The minimum Gasteiger partial charge on any atom is -0.192 e. The van der Waals surface area contributed by atoms with Crippen molar-refractivity contribution in [1.82, 2.24) is 15.0 Å². The smallest absolute Gasteiger partial charge is 0.192 e. The predicted molar refractivity (Wildman–Crippen MR) is 36.2 cm³/mol. The molecular weight excluding hydrogens is 304 g/mol. The molecule has 3 nitrogen and oxygen atoms in total. The van der Waals surface area contributed by atoms with E-state index in [-0.39, 0.29) is 0 Å².